The molecule has 2 aromatic carbocycles. The van der Waals surface area contributed by atoms with Gasteiger partial charge < -0.3 is 0 Å². The zero-order chi connectivity index (χ0) is 16.0. The molecule has 0 aliphatic carbocycles. The van der Waals surface area contributed by atoms with E-state index in [4.69, 9.17) is 4.98 Å². The highest BCUT2D eigenvalue weighted by Gasteiger charge is 2.20. The molecule has 0 bridgehead atoms. The lowest BCUT2D eigenvalue weighted by molar-refractivity contribution is 0.409. The van der Waals surface area contributed by atoms with Crippen molar-refractivity contribution >= 4 is 10.9 Å². The van der Waals surface area contributed by atoms with Gasteiger partial charge in [-0.3, -0.25) is 9.36 Å². The van der Waals surface area contributed by atoms with Gasteiger partial charge in [-0.25, -0.2) is 9.37 Å². The van der Waals surface area contributed by atoms with Crippen LogP contribution >= 0.6 is 0 Å². The predicted octanol–water partition coefficient (Wildman–Crippen LogP) is 4.10. The summed E-state index contributed by atoms with van der Waals surface area (Å²) in [6.07, 6.45) is 2.91. The molecule has 3 nitrogen and oxygen atoms in total. The van der Waals surface area contributed by atoms with Gasteiger partial charge in [0.2, 0.25) is 0 Å². The fourth-order valence-electron chi connectivity index (χ4n) is 3.41. The molecule has 0 fully saturated rings. The molecule has 0 saturated carbocycles. The third kappa shape index (κ3) is 2.34. The van der Waals surface area contributed by atoms with Crippen molar-refractivity contribution in [3.63, 3.8) is 0 Å². The van der Waals surface area contributed by atoms with Crippen LogP contribution in [0.25, 0.3) is 22.0 Å². The van der Waals surface area contributed by atoms with Gasteiger partial charge in [0.25, 0.3) is 5.56 Å². The highest BCUT2D eigenvalue weighted by molar-refractivity contribution is 5.83. The lowest BCUT2D eigenvalue weighted by Crippen LogP contribution is -2.31. The lowest BCUT2D eigenvalue weighted by Gasteiger charge is -2.24. The average Bonchev–Trinajstić information content (AvgIpc) is 2.54. The van der Waals surface area contributed by atoms with Gasteiger partial charge in [0, 0.05) is 12.5 Å². The van der Waals surface area contributed by atoms with E-state index in [0.717, 1.165) is 36.2 Å². The standard InChI is InChI=1S/C19H17FN2O/c1-12-4-2-7-18-21-17-11-14(13-5-3-6-15(20)10-13)8-9-16(17)19(23)22(12)18/h3,5-6,8-12H,2,4,7H2,1H3. The van der Waals surface area contributed by atoms with Gasteiger partial charge in [0.15, 0.2) is 0 Å². The molecule has 116 valence electrons. The van der Waals surface area contributed by atoms with E-state index in [0.29, 0.717) is 10.9 Å². The minimum atomic E-state index is -0.269. The Labute approximate surface area is 133 Å². The average molecular weight is 308 g/mol. The summed E-state index contributed by atoms with van der Waals surface area (Å²) in [5.74, 6) is 0.590. The molecule has 1 aliphatic heterocycles. The largest absolute Gasteiger partial charge is 0.293 e. The summed E-state index contributed by atoms with van der Waals surface area (Å²) >= 11 is 0. The van der Waals surface area contributed by atoms with E-state index in [2.05, 4.69) is 6.92 Å². The maximum atomic E-state index is 13.4. The van der Waals surface area contributed by atoms with Crippen molar-refractivity contribution in [2.45, 2.75) is 32.2 Å². The molecular weight excluding hydrogens is 291 g/mol. The molecule has 3 aromatic rings. The number of nitrogens with zero attached hydrogens (tertiary/aromatic N) is 2. The van der Waals surface area contributed by atoms with Crippen molar-refractivity contribution in [1.82, 2.24) is 9.55 Å². The molecule has 1 aliphatic rings. The summed E-state index contributed by atoms with van der Waals surface area (Å²) < 4.78 is 15.3. The number of hydrogen-bond donors (Lipinski definition) is 0. The third-order valence-electron chi connectivity index (χ3n) is 4.60. The van der Waals surface area contributed by atoms with Crippen LogP contribution in [0.15, 0.2) is 47.3 Å². The molecule has 0 saturated heterocycles. The molecule has 0 radical (unpaired) electrons. The van der Waals surface area contributed by atoms with Gasteiger partial charge in [0.1, 0.15) is 11.6 Å². The Bertz CT molecular complexity index is 961. The van der Waals surface area contributed by atoms with Crippen LogP contribution in [-0.4, -0.2) is 9.55 Å². The molecule has 1 atom stereocenters. The lowest BCUT2D eigenvalue weighted by atomic mass is 10.0. The molecule has 1 aromatic heterocycles. The van der Waals surface area contributed by atoms with E-state index in [1.54, 1.807) is 12.1 Å². The summed E-state index contributed by atoms with van der Waals surface area (Å²) in [5.41, 5.74) is 2.39. The Balaban J connectivity index is 1.93. The molecule has 0 N–H and O–H groups in total. The Morgan fingerprint density at radius 3 is 2.83 bits per heavy atom. The van der Waals surface area contributed by atoms with E-state index >= 15 is 0 Å². The van der Waals surface area contributed by atoms with Crippen molar-refractivity contribution in [3.05, 3.63) is 64.5 Å². The van der Waals surface area contributed by atoms with Crippen LogP contribution in [0.2, 0.25) is 0 Å². The molecule has 4 heteroatoms. The molecule has 1 unspecified atom stereocenters. The predicted molar refractivity (Wildman–Crippen MR) is 89.0 cm³/mol. The van der Waals surface area contributed by atoms with Crippen LogP contribution in [0, 0.1) is 5.82 Å². The van der Waals surface area contributed by atoms with Crippen LogP contribution in [-0.2, 0) is 6.42 Å². The Hall–Kier alpha value is -2.49. The van der Waals surface area contributed by atoms with Crippen molar-refractivity contribution in [2.75, 3.05) is 0 Å². The molecule has 0 spiro atoms. The Morgan fingerprint density at radius 2 is 2.00 bits per heavy atom. The van der Waals surface area contributed by atoms with Gasteiger partial charge in [-0.15, -0.1) is 0 Å². The fourth-order valence-corrected chi connectivity index (χ4v) is 3.41. The number of aryl methyl sites for hydroxylation is 1. The van der Waals surface area contributed by atoms with Crippen molar-refractivity contribution in [3.8, 4) is 11.1 Å². The number of hydrogen-bond acceptors (Lipinski definition) is 2. The highest BCUT2D eigenvalue weighted by atomic mass is 19.1. The van der Waals surface area contributed by atoms with Crippen molar-refractivity contribution < 1.29 is 4.39 Å². The number of halogens is 1. The minimum Gasteiger partial charge on any atom is -0.293 e. The second-order valence-electron chi connectivity index (χ2n) is 6.19. The Morgan fingerprint density at radius 1 is 1.17 bits per heavy atom. The smallest absolute Gasteiger partial charge is 0.261 e. The van der Waals surface area contributed by atoms with Crippen LogP contribution in [0.5, 0.6) is 0 Å². The van der Waals surface area contributed by atoms with Crippen LogP contribution in [0.4, 0.5) is 4.39 Å². The van der Waals surface area contributed by atoms with Crippen LogP contribution < -0.4 is 5.56 Å². The zero-order valence-corrected chi connectivity index (χ0v) is 12.9. The third-order valence-corrected chi connectivity index (χ3v) is 4.60. The van der Waals surface area contributed by atoms with E-state index < -0.39 is 0 Å². The monoisotopic (exact) mass is 308 g/mol. The van der Waals surface area contributed by atoms with E-state index in [1.165, 1.54) is 12.1 Å². The van der Waals surface area contributed by atoms with Gasteiger partial charge in [0.05, 0.1) is 10.9 Å². The van der Waals surface area contributed by atoms with Gasteiger partial charge in [-0.05, 0) is 55.2 Å². The van der Waals surface area contributed by atoms with Gasteiger partial charge >= 0.3 is 0 Å². The topological polar surface area (TPSA) is 34.9 Å². The maximum absolute atomic E-state index is 13.4. The summed E-state index contributed by atoms with van der Waals surface area (Å²) in [4.78, 5) is 17.5. The quantitative estimate of drug-likeness (QED) is 0.678. The number of fused-ring (bicyclic) bond motifs is 2. The molecule has 4 rings (SSSR count). The Kier molecular flexibility index (Phi) is 3.26. The van der Waals surface area contributed by atoms with E-state index in [9.17, 15) is 9.18 Å². The SMILES string of the molecule is CC1CCCc2nc3cc(-c4cccc(F)c4)ccc3c(=O)n21. The summed E-state index contributed by atoms with van der Waals surface area (Å²) in [5, 5.41) is 0.627. The minimum absolute atomic E-state index is 0.0305. The molecule has 2 heterocycles. The number of aromatic nitrogens is 2. The second kappa shape index (κ2) is 5.30. The first-order valence-corrected chi connectivity index (χ1v) is 7.94. The second-order valence-corrected chi connectivity index (χ2v) is 6.19. The molecule has 23 heavy (non-hydrogen) atoms. The van der Waals surface area contributed by atoms with Crippen molar-refractivity contribution in [2.24, 2.45) is 0 Å². The fraction of sp³-hybridized carbons (Fsp3) is 0.263. The van der Waals surface area contributed by atoms with E-state index in [1.807, 2.05) is 22.8 Å². The zero-order valence-electron chi connectivity index (χ0n) is 12.9. The summed E-state index contributed by atoms with van der Waals surface area (Å²) in [6.45, 7) is 2.07. The summed E-state index contributed by atoms with van der Waals surface area (Å²) in [6, 6.07) is 12.2. The maximum Gasteiger partial charge on any atom is 0.261 e. The first-order chi connectivity index (χ1) is 11.1. The van der Waals surface area contributed by atoms with Crippen LogP contribution in [0.1, 0.15) is 31.6 Å². The number of benzene rings is 2. The van der Waals surface area contributed by atoms with Crippen LogP contribution in [0.3, 0.4) is 0 Å². The highest BCUT2D eigenvalue weighted by Crippen LogP contribution is 2.26. The normalized spacial score (nSPS) is 17.2. The first-order valence-electron chi connectivity index (χ1n) is 7.94. The van der Waals surface area contributed by atoms with Crippen molar-refractivity contribution in [1.29, 1.82) is 0 Å². The molecule has 0 amide bonds. The number of rotatable bonds is 1. The molecular formula is C19H17FN2O. The van der Waals surface area contributed by atoms with Gasteiger partial charge in [-0.2, -0.15) is 0 Å². The first kappa shape index (κ1) is 14.1. The summed E-state index contributed by atoms with van der Waals surface area (Å²) in [7, 11) is 0. The van der Waals surface area contributed by atoms with E-state index in [-0.39, 0.29) is 17.4 Å². The van der Waals surface area contributed by atoms with Gasteiger partial charge in [-0.1, -0.05) is 18.2 Å².